The fourth-order valence-electron chi connectivity index (χ4n) is 1.83. The number of rotatable bonds is 7. The van der Waals surface area contributed by atoms with Crippen LogP contribution in [0.5, 0.6) is 0 Å². The van der Waals surface area contributed by atoms with Crippen molar-refractivity contribution in [2.24, 2.45) is 5.73 Å². The molecule has 0 bridgehead atoms. The van der Waals surface area contributed by atoms with E-state index < -0.39 is 0 Å². The minimum atomic E-state index is -0.226. The molecule has 0 atom stereocenters. The van der Waals surface area contributed by atoms with Crippen molar-refractivity contribution in [2.45, 2.75) is 26.4 Å². The van der Waals surface area contributed by atoms with Gasteiger partial charge in [0.25, 0.3) is 0 Å². The van der Waals surface area contributed by atoms with Crippen molar-refractivity contribution < 1.29 is 9.50 Å². The Morgan fingerprint density at radius 3 is 2.71 bits per heavy atom. The van der Waals surface area contributed by atoms with E-state index in [0.717, 1.165) is 30.6 Å². The second-order valence-corrected chi connectivity index (χ2v) is 4.06. The normalized spacial score (nSPS) is 11.1. The van der Waals surface area contributed by atoms with Crippen molar-refractivity contribution >= 4 is 0 Å². The van der Waals surface area contributed by atoms with Crippen molar-refractivity contribution in [3.05, 3.63) is 35.1 Å². The quantitative estimate of drug-likeness (QED) is 0.759. The summed E-state index contributed by atoms with van der Waals surface area (Å²) in [5, 5.41) is 8.81. The molecule has 0 aliphatic heterocycles. The third-order valence-electron chi connectivity index (χ3n) is 2.86. The molecule has 0 saturated carbocycles. The SMILES string of the molecule is CCN(CCCO)Cc1cc(F)ccc1CN. The number of hydrogen-bond donors (Lipinski definition) is 2. The molecule has 96 valence electrons. The molecular formula is C13H21FN2O. The van der Waals surface area contributed by atoms with E-state index in [9.17, 15) is 4.39 Å². The molecule has 4 heteroatoms. The Morgan fingerprint density at radius 2 is 2.12 bits per heavy atom. The first kappa shape index (κ1) is 14.1. The maximum atomic E-state index is 13.2. The van der Waals surface area contributed by atoms with E-state index in [2.05, 4.69) is 11.8 Å². The minimum Gasteiger partial charge on any atom is -0.396 e. The lowest BCUT2D eigenvalue weighted by molar-refractivity contribution is 0.225. The smallest absolute Gasteiger partial charge is 0.123 e. The van der Waals surface area contributed by atoms with Crippen LogP contribution in [0.1, 0.15) is 24.5 Å². The number of aliphatic hydroxyl groups excluding tert-OH is 1. The van der Waals surface area contributed by atoms with E-state index in [1.165, 1.54) is 6.07 Å². The summed E-state index contributed by atoms with van der Waals surface area (Å²) < 4.78 is 13.2. The Kier molecular flexibility index (Phi) is 6.11. The van der Waals surface area contributed by atoms with Crippen LogP contribution in [0.3, 0.4) is 0 Å². The van der Waals surface area contributed by atoms with Crippen molar-refractivity contribution in [2.75, 3.05) is 19.7 Å². The monoisotopic (exact) mass is 240 g/mol. The van der Waals surface area contributed by atoms with Gasteiger partial charge in [0.2, 0.25) is 0 Å². The molecule has 3 N–H and O–H groups in total. The summed E-state index contributed by atoms with van der Waals surface area (Å²) in [6.45, 7) is 5.03. The van der Waals surface area contributed by atoms with Crippen LogP contribution in [0.25, 0.3) is 0 Å². The topological polar surface area (TPSA) is 49.5 Å². The summed E-state index contributed by atoms with van der Waals surface area (Å²) >= 11 is 0. The van der Waals surface area contributed by atoms with Crippen LogP contribution >= 0.6 is 0 Å². The highest BCUT2D eigenvalue weighted by molar-refractivity contribution is 5.27. The van der Waals surface area contributed by atoms with Gasteiger partial charge in [-0.05, 0) is 36.2 Å². The van der Waals surface area contributed by atoms with Crippen molar-refractivity contribution in [3.63, 3.8) is 0 Å². The van der Waals surface area contributed by atoms with Crippen LogP contribution in [0.15, 0.2) is 18.2 Å². The molecule has 1 aromatic rings. The first-order valence-corrected chi connectivity index (χ1v) is 6.01. The van der Waals surface area contributed by atoms with E-state index in [1.54, 1.807) is 12.1 Å². The van der Waals surface area contributed by atoms with Crippen LogP contribution in [-0.4, -0.2) is 29.7 Å². The first-order valence-electron chi connectivity index (χ1n) is 6.01. The molecule has 0 amide bonds. The largest absolute Gasteiger partial charge is 0.396 e. The summed E-state index contributed by atoms with van der Waals surface area (Å²) in [4.78, 5) is 2.17. The molecule has 0 radical (unpaired) electrons. The number of benzene rings is 1. The molecule has 3 nitrogen and oxygen atoms in total. The number of halogens is 1. The van der Waals surface area contributed by atoms with Gasteiger partial charge in [-0.25, -0.2) is 4.39 Å². The highest BCUT2D eigenvalue weighted by atomic mass is 19.1. The molecule has 0 saturated heterocycles. The highest BCUT2D eigenvalue weighted by Gasteiger charge is 2.08. The number of nitrogens with two attached hydrogens (primary N) is 1. The van der Waals surface area contributed by atoms with Crippen LogP contribution < -0.4 is 5.73 Å². The Labute approximate surface area is 102 Å². The van der Waals surface area contributed by atoms with Gasteiger partial charge in [-0.3, -0.25) is 4.90 Å². The van der Waals surface area contributed by atoms with Crippen LogP contribution in [-0.2, 0) is 13.1 Å². The molecule has 17 heavy (non-hydrogen) atoms. The standard InChI is InChI=1S/C13H21FN2O/c1-2-16(6-3-7-17)10-12-8-13(14)5-4-11(12)9-15/h4-5,8,17H,2-3,6-7,9-10,15H2,1H3. The zero-order valence-corrected chi connectivity index (χ0v) is 10.3. The summed E-state index contributed by atoms with van der Waals surface area (Å²) in [7, 11) is 0. The number of nitrogens with zero attached hydrogens (tertiary/aromatic N) is 1. The molecular weight excluding hydrogens is 219 g/mol. The lowest BCUT2D eigenvalue weighted by Crippen LogP contribution is -2.25. The van der Waals surface area contributed by atoms with Gasteiger partial charge in [0, 0.05) is 26.2 Å². The molecule has 0 spiro atoms. The van der Waals surface area contributed by atoms with Crippen molar-refractivity contribution in [1.29, 1.82) is 0 Å². The van der Waals surface area contributed by atoms with Crippen LogP contribution in [0.4, 0.5) is 4.39 Å². The number of aliphatic hydroxyl groups is 1. The predicted molar refractivity (Wildman–Crippen MR) is 66.9 cm³/mol. The lowest BCUT2D eigenvalue weighted by atomic mass is 10.1. The molecule has 0 unspecified atom stereocenters. The predicted octanol–water partition coefficient (Wildman–Crippen LogP) is 1.49. The second-order valence-electron chi connectivity index (χ2n) is 4.06. The summed E-state index contributed by atoms with van der Waals surface area (Å²) in [6, 6.07) is 4.73. The molecule has 0 aliphatic rings. The third kappa shape index (κ3) is 4.42. The minimum absolute atomic E-state index is 0.184. The second kappa shape index (κ2) is 7.37. The molecule has 0 aliphatic carbocycles. The van der Waals surface area contributed by atoms with Gasteiger partial charge in [0.1, 0.15) is 5.82 Å². The molecule has 0 fully saturated rings. The van der Waals surface area contributed by atoms with E-state index in [0.29, 0.717) is 13.1 Å². The Balaban J connectivity index is 2.73. The summed E-state index contributed by atoms with van der Waals surface area (Å²) in [5.74, 6) is -0.226. The van der Waals surface area contributed by atoms with Gasteiger partial charge in [0.15, 0.2) is 0 Å². The lowest BCUT2D eigenvalue weighted by Gasteiger charge is -2.21. The average Bonchev–Trinajstić information content (AvgIpc) is 2.34. The zero-order valence-electron chi connectivity index (χ0n) is 10.3. The maximum Gasteiger partial charge on any atom is 0.123 e. The van der Waals surface area contributed by atoms with Crippen LogP contribution in [0.2, 0.25) is 0 Å². The third-order valence-corrected chi connectivity index (χ3v) is 2.86. The van der Waals surface area contributed by atoms with Crippen LogP contribution in [0, 0.1) is 5.82 Å². The first-order chi connectivity index (χ1) is 8.21. The maximum absolute atomic E-state index is 13.2. The molecule has 1 rings (SSSR count). The van der Waals surface area contributed by atoms with Crippen molar-refractivity contribution in [1.82, 2.24) is 4.90 Å². The van der Waals surface area contributed by atoms with Gasteiger partial charge in [-0.15, -0.1) is 0 Å². The molecule has 1 aromatic carbocycles. The van der Waals surface area contributed by atoms with Gasteiger partial charge in [-0.1, -0.05) is 13.0 Å². The van der Waals surface area contributed by atoms with E-state index >= 15 is 0 Å². The fraction of sp³-hybridized carbons (Fsp3) is 0.538. The van der Waals surface area contributed by atoms with Gasteiger partial charge in [-0.2, -0.15) is 0 Å². The van der Waals surface area contributed by atoms with E-state index in [1.807, 2.05) is 0 Å². The summed E-state index contributed by atoms with van der Waals surface area (Å²) in [6.07, 6.45) is 0.737. The van der Waals surface area contributed by atoms with Gasteiger partial charge in [0.05, 0.1) is 0 Å². The zero-order chi connectivity index (χ0) is 12.7. The highest BCUT2D eigenvalue weighted by Crippen LogP contribution is 2.13. The van der Waals surface area contributed by atoms with E-state index in [4.69, 9.17) is 10.8 Å². The number of hydrogen-bond acceptors (Lipinski definition) is 3. The Bertz CT molecular complexity index is 344. The van der Waals surface area contributed by atoms with Gasteiger partial charge < -0.3 is 10.8 Å². The van der Waals surface area contributed by atoms with Gasteiger partial charge >= 0.3 is 0 Å². The average molecular weight is 240 g/mol. The Morgan fingerprint density at radius 1 is 1.35 bits per heavy atom. The van der Waals surface area contributed by atoms with E-state index in [-0.39, 0.29) is 12.4 Å². The molecule has 0 aromatic heterocycles. The molecule has 0 heterocycles. The Hall–Kier alpha value is -0.970. The summed E-state index contributed by atoms with van der Waals surface area (Å²) in [5.41, 5.74) is 7.55. The fourth-order valence-corrected chi connectivity index (χ4v) is 1.83. The van der Waals surface area contributed by atoms with Crippen molar-refractivity contribution in [3.8, 4) is 0 Å².